The summed E-state index contributed by atoms with van der Waals surface area (Å²) in [5.41, 5.74) is 1.01. The minimum Gasteiger partial charge on any atom is -0.389 e. The normalized spacial score (nSPS) is 17.2. The Morgan fingerprint density at radius 2 is 1.97 bits per heavy atom. The minimum absolute atomic E-state index is 0.116. The van der Waals surface area contributed by atoms with Gasteiger partial charge in [0.2, 0.25) is 0 Å². The third-order valence-electron chi connectivity index (χ3n) is 4.56. The summed E-state index contributed by atoms with van der Waals surface area (Å²) < 4.78 is 43.4. The summed E-state index contributed by atoms with van der Waals surface area (Å²) in [5.74, 6) is 0.0290. The SMILES string of the molecule is COCC(O)CNc1ncc(-c2ccc(C(F)(F)F)cc2)c2c1C(=O)[C@H](C)N=C2. The lowest BCUT2D eigenvalue weighted by atomic mass is 9.91. The molecule has 1 aromatic carbocycles. The van der Waals surface area contributed by atoms with E-state index in [1.165, 1.54) is 31.7 Å². The molecule has 2 N–H and O–H groups in total. The number of Topliss-reactive ketones (excluding diaryl/α,β-unsaturated/α-hetero) is 1. The molecular weight excluding hydrogens is 387 g/mol. The second-order valence-electron chi connectivity index (χ2n) is 6.69. The number of pyridine rings is 1. The molecule has 0 spiro atoms. The van der Waals surface area contributed by atoms with Gasteiger partial charge < -0.3 is 15.2 Å². The first-order chi connectivity index (χ1) is 13.7. The van der Waals surface area contributed by atoms with Gasteiger partial charge in [0.1, 0.15) is 11.9 Å². The lowest BCUT2D eigenvalue weighted by Crippen LogP contribution is -2.28. The molecule has 29 heavy (non-hydrogen) atoms. The molecule has 9 heteroatoms. The zero-order valence-electron chi connectivity index (χ0n) is 15.8. The third-order valence-corrected chi connectivity index (χ3v) is 4.56. The molecule has 154 valence electrons. The van der Waals surface area contributed by atoms with Crippen molar-refractivity contribution >= 4 is 17.8 Å². The first-order valence-electron chi connectivity index (χ1n) is 8.91. The number of benzene rings is 1. The van der Waals surface area contributed by atoms with Crippen LogP contribution in [-0.4, -0.2) is 54.5 Å². The van der Waals surface area contributed by atoms with E-state index in [0.717, 1.165) is 12.1 Å². The zero-order valence-corrected chi connectivity index (χ0v) is 15.8. The number of aliphatic hydroxyl groups is 1. The number of anilines is 1. The largest absolute Gasteiger partial charge is 0.416 e. The van der Waals surface area contributed by atoms with Crippen LogP contribution in [0.5, 0.6) is 0 Å². The number of hydrogen-bond acceptors (Lipinski definition) is 6. The van der Waals surface area contributed by atoms with Crippen LogP contribution in [0.2, 0.25) is 0 Å². The average molecular weight is 407 g/mol. The number of aliphatic imine (C=N–C) groups is 1. The number of aliphatic hydroxyl groups excluding tert-OH is 1. The van der Waals surface area contributed by atoms with E-state index in [2.05, 4.69) is 15.3 Å². The molecule has 3 rings (SSSR count). The molecule has 0 amide bonds. The van der Waals surface area contributed by atoms with E-state index in [0.29, 0.717) is 22.3 Å². The monoisotopic (exact) mass is 407 g/mol. The number of methoxy groups -OCH3 is 1. The number of fused-ring (bicyclic) bond motifs is 1. The van der Waals surface area contributed by atoms with E-state index in [1.54, 1.807) is 6.92 Å². The maximum Gasteiger partial charge on any atom is 0.416 e. The van der Waals surface area contributed by atoms with E-state index in [9.17, 15) is 23.1 Å². The number of ether oxygens (including phenoxy) is 1. The summed E-state index contributed by atoms with van der Waals surface area (Å²) in [4.78, 5) is 21.2. The van der Waals surface area contributed by atoms with Crippen molar-refractivity contribution in [3.8, 4) is 11.1 Å². The Bertz CT molecular complexity index is 927. The predicted molar refractivity (Wildman–Crippen MR) is 102 cm³/mol. The molecule has 2 heterocycles. The Kier molecular flexibility index (Phi) is 5.99. The Morgan fingerprint density at radius 1 is 1.28 bits per heavy atom. The molecule has 0 saturated carbocycles. The zero-order chi connectivity index (χ0) is 21.2. The fraction of sp³-hybridized carbons (Fsp3) is 0.350. The van der Waals surface area contributed by atoms with Gasteiger partial charge in [-0.15, -0.1) is 0 Å². The molecule has 0 radical (unpaired) electrons. The van der Waals surface area contributed by atoms with Crippen molar-refractivity contribution < 1.29 is 27.8 Å². The van der Waals surface area contributed by atoms with Crippen molar-refractivity contribution in [2.24, 2.45) is 4.99 Å². The predicted octanol–water partition coefficient (Wildman–Crippen LogP) is 3.19. The third kappa shape index (κ3) is 4.46. The number of halogens is 3. The number of nitrogens with zero attached hydrogens (tertiary/aromatic N) is 2. The number of rotatable bonds is 6. The molecule has 0 fully saturated rings. The highest BCUT2D eigenvalue weighted by atomic mass is 19.4. The van der Waals surface area contributed by atoms with Gasteiger partial charge in [-0.2, -0.15) is 13.2 Å². The van der Waals surface area contributed by atoms with Crippen LogP contribution in [0.1, 0.15) is 28.4 Å². The van der Waals surface area contributed by atoms with Crippen LogP contribution in [0.15, 0.2) is 35.5 Å². The van der Waals surface area contributed by atoms with Crippen molar-refractivity contribution in [2.75, 3.05) is 25.6 Å². The molecule has 2 aromatic rings. The van der Waals surface area contributed by atoms with Crippen molar-refractivity contribution in [1.82, 2.24) is 4.98 Å². The second kappa shape index (κ2) is 8.30. The minimum atomic E-state index is -4.43. The highest BCUT2D eigenvalue weighted by Gasteiger charge is 2.31. The summed E-state index contributed by atoms with van der Waals surface area (Å²) in [7, 11) is 1.46. The molecule has 0 bridgehead atoms. The standard InChI is InChI=1S/C20H20F3N3O3/c1-11-18(28)17-16(9-24-11)15(8-26-19(17)25-7-14(27)10-29-2)12-3-5-13(6-4-12)20(21,22)23/h3-6,8-9,11,14,27H,7,10H2,1-2H3,(H,25,26)/t11-,14?/m0/s1. The van der Waals surface area contributed by atoms with Gasteiger partial charge in [-0.1, -0.05) is 12.1 Å². The average Bonchev–Trinajstić information content (AvgIpc) is 2.68. The van der Waals surface area contributed by atoms with E-state index in [4.69, 9.17) is 4.74 Å². The van der Waals surface area contributed by atoms with E-state index in [1.807, 2.05) is 0 Å². The number of hydrogen-bond donors (Lipinski definition) is 2. The highest BCUT2D eigenvalue weighted by molar-refractivity contribution is 6.15. The Hall–Kier alpha value is -2.78. The fourth-order valence-corrected chi connectivity index (χ4v) is 3.04. The van der Waals surface area contributed by atoms with Crippen LogP contribution >= 0.6 is 0 Å². The molecule has 1 aliphatic heterocycles. The lowest BCUT2D eigenvalue weighted by molar-refractivity contribution is -0.137. The molecule has 1 aromatic heterocycles. The summed E-state index contributed by atoms with van der Waals surface area (Å²) in [6.45, 7) is 1.88. The molecule has 1 aliphatic rings. The first-order valence-corrected chi connectivity index (χ1v) is 8.91. The molecule has 6 nitrogen and oxygen atoms in total. The van der Waals surface area contributed by atoms with Gasteiger partial charge in [0, 0.05) is 37.2 Å². The van der Waals surface area contributed by atoms with Crippen molar-refractivity contribution in [3.05, 3.63) is 47.2 Å². The lowest BCUT2D eigenvalue weighted by Gasteiger charge is -2.21. The maximum absolute atomic E-state index is 12.8. The number of alkyl halides is 3. The maximum atomic E-state index is 12.8. The van der Waals surface area contributed by atoms with E-state index >= 15 is 0 Å². The summed E-state index contributed by atoms with van der Waals surface area (Å²) in [6.07, 6.45) is -2.22. The van der Waals surface area contributed by atoms with Crippen LogP contribution in [0, 0.1) is 0 Å². The van der Waals surface area contributed by atoms with Crippen LogP contribution in [0.3, 0.4) is 0 Å². The van der Waals surface area contributed by atoms with E-state index in [-0.39, 0.29) is 24.8 Å². The first kappa shape index (κ1) is 20.9. The van der Waals surface area contributed by atoms with Crippen LogP contribution in [-0.2, 0) is 10.9 Å². The van der Waals surface area contributed by atoms with Gasteiger partial charge >= 0.3 is 6.18 Å². The highest BCUT2D eigenvalue weighted by Crippen LogP contribution is 2.34. The number of ketones is 1. The van der Waals surface area contributed by atoms with Gasteiger partial charge in [0.25, 0.3) is 0 Å². The number of nitrogens with one attached hydrogen (secondary N) is 1. The molecule has 0 saturated heterocycles. The van der Waals surface area contributed by atoms with Gasteiger partial charge in [0.05, 0.1) is 23.8 Å². The van der Waals surface area contributed by atoms with Gasteiger partial charge in [-0.05, 0) is 24.6 Å². The van der Waals surface area contributed by atoms with Gasteiger partial charge in [-0.25, -0.2) is 4.98 Å². The number of carbonyl (C=O) groups excluding carboxylic acids is 1. The van der Waals surface area contributed by atoms with Crippen molar-refractivity contribution in [3.63, 3.8) is 0 Å². The summed E-state index contributed by atoms with van der Waals surface area (Å²) >= 11 is 0. The fourth-order valence-electron chi connectivity index (χ4n) is 3.04. The molecule has 0 aliphatic carbocycles. The molecular formula is C20H20F3N3O3. The Morgan fingerprint density at radius 3 is 2.59 bits per heavy atom. The van der Waals surface area contributed by atoms with Crippen LogP contribution in [0.4, 0.5) is 19.0 Å². The quantitative estimate of drug-likeness (QED) is 0.769. The van der Waals surface area contributed by atoms with E-state index < -0.39 is 23.9 Å². The number of carbonyl (C=O) groups is 1. The Balaban J connectivity index is 2.01. The second-order valence-corrected chi connectivity index (χ2v) is 6.69. The van der Waals surface area contributed by atoms with Crippen molar-refractivity contribution in [2.45, 2.75) is 25.2 Å². The summed E-state index contributed by atoms with van der Waals surface area (Å²) in [5, 5.41) is 12.8. The summed E-state index contributed by atoms with van der Waals surface area (Å²) in [6, 6.07) is 4.05. The molecule has 2 atom stereocenters. The topological polar surface area (TPSA) is 83.8 Å². The van der Waals surface area contributed by atoms with Gasteiger partial charge in [0.15, 0.2) is 5.78 Å². The number of aromatic nitrogens is 1. The van der Waals surface area contributed by atoms with Crippen LogP contribution < -0.4 is 5.32 Å². The van der Waals surface area contributed by atoms with Crippen LogP contribution in [0.25, 0.3) is 11.1 Å². The Labute approximate surface area is 165 Å². The smallest absolute Gasteiger partial charge is 0.389 e. The van der Waals surface area contributed by atoms with Crippen molar-refractivity contribution in [1.29, 1.82) is 0 Å². The molecule has 1 unspecified atom stereocenters. The van der Waals surface area contributed by atoms with Gasteiger partial charge in [-0.3, -0.25) is 9.79 Å².